The Morgan fingerprint density at radius 1 is 1.57 bits per heavy atom. The van der Waals surface area contributed by atoms with Gasteiger partial charge in [0.1, 0.15) is 0 Å². The fourth-order valence-corrected chi connectivity index (χ4v) is 3.28. The summed E-state index contributed by atoms with van der Waals surface area (Å²) >= 11 is 3.32. The van der Waals surface area contributed by atoms with Crippen molar-refractivity contribution in [3.05, 3.63) is 0 Å². The van der Waals surface area contributed by atoms with E-state index in [2.05, 4.69) is 20.7 Å². The van der Waals surface area contributed by atoms with Crippen LogP contribution in [0.3, 0.4) is 0 Å². The number of alkyl halides is 1. The van der Waals surface area contributed by atoms with E-state index in [1.165, 1.54) is 0 Å². The summed E-state index contributed by atoms with van der Waals surface area (Å²) in [6.45, 7) is 0.898. The Bertz CT molecular complexity index is 264. The highest BCUT2D eigenvalue weighted by Gasteiger charge is 2.27. The smallest absolute Gasteiger partial charge is 0.211 e. The third-order valence-corrected chi connectivity index (χ3v) is 4.13. The number of methoxy groups -OCH3 is 1. The molecule has 1 aliphatic carbocycles. The number of nitrogens with one attached hydrogen (secondary N) is 1. The second kappa shape index (κ2) is 5.44. The van der Waals surface area contributed by atoms with Crippen molar-refractivity contribution >= 4 is 26.0 Å². The van der Waals surface area contributed by atoms with Crippen LogP contribution < -0.4 is 4.72 Å². The summed E-state index contributed by atoms with van der Waals surface area (Å²) in [5, 5.41) is 0. The maximum atomic E-state index is 11.4. The molecule has 0 aromatic carbocycles. The normalized spacial score (nSPS) is 19.6. The first-order chi connectivity index (χ1) is 6.53. The average Bonchev–Trinajstić information content (AvgIpc) is 2.85. The predicted molar refractivity (Wildman–Crippen MR) is 59.1 cm³/mol. The van der Waals surface area contributed by atoms with Crippen LogP contribution in [0, 0.1) is 5.92 Å². The van der Waals surface area contributed by atoms with Crippen molar-refractivity contribution in [2.75, 3.05) is 26.0 Å². The Kier molecular flexibility index (Phi) is 4.82. The summed E-state index contributed by atoms with van der Waals surface area (Å²) in [4.78, 5) is 0.0430. The maximum Gasteiger partial charge on any atom is 0.211 e. The summed E-state index contributed by atoms with van der Waals surface area (Å²) in [6.07, 6.45) is 2.10. The lowest BCUT2D eigenvalue weighted by Crippen LogP contribution is -2.33. The quantitative estimate of drug-likeness (QED) is 0.702. The summed E-state index contributed by atoms with van der Waals surface area (Å²) < 4.78 is 30.3. The van der Waals surface area contributed by atoms with E-state index in [1.54, 1.807) is 7.11 Å². The van der Waals surface area contributed by atoms with Crippen molar-refractivity contribution in [1.82, 2.24) is 4.72 Å². The van der Waals surface area contributed by atoms with Crippen molar-refractivity contribution in [3.8, 4) is 0 Å². The first-order valence-corrected chi connectivity index (χ1v) is 7.20. The number of rotatable bonds is 7. The predicted octanol–water partition coefficient (Wildman–Crippen LogP) is 0.726. The zero-order chi connectivity index (χ0) is 10.6. The SMILES string of the molecule is COCC(Br)CNS(=O)(=O)CC1CC1. The second-order valence-corrected chi connectivity index (χ2v) is 6.77. The lowest BCUT2D eigenvalue weighted by molar-refractivity contribution is 0.201. The van der Waals surface area contributed by atoms with Crippen LogP contribution in [-0.4, -0.2) is 39.3 Å². The van der Waals surface area contributed by atoms with Crippen LogP contribution in [0.15, 0.2) is 0 Å². The Labute approximate surface area is 93.6 Å². The van der Waals surface area contributed by atoms with E-state index in [0.717, 1.165) is 12.8 Å². The monoisotopic (exact) mass is 285 g/mol. The average molecular weight is 286 g/mol. The molecule has 1 aliphatic rings. The molecule has 1 saturated carbocycles. The summed E-state index contributed by atoms with van der Waals surface area (Å²) in [7, 11) is -1.48. The zero-order valence-corrected chi connectivity index (χ0v) is 10.6. The molecule has 0 bridgehead atoms. The molecular formula is C8H16BrNO3S. The van der Waals surface area contributed by atoms with E-state index >= 15 is 0 Å². The van der Waals surface area contributed by atoms with Gasteiger partial charge >= 0.3 is 0 Å². The van der Waals surface area contributed by atoms with Gasteiger partial charge < -0.3 is 4.74 Å². The highest BCUT2D eigenvalue weighted by atomic mass is 79.9. The molecule has 0 spiro atoms. The van der Waals surface area contributed by atoms with Gasteiger partial charge in [0.15, 0.2) is 0 Å². The minimum absolute atomic E-state index is 0.0430. The molecule has 1 atom stereocenters. The van der Waals surface area contributed by atoms with Crippen molar-refractivity contribution in [2.45, 2.75) is 17.7 Å². The summed E-state index contributed by atoms with van der Waals surface area (Å²) in [6, 6.07) is 0. The van der Waals surface area contributed by atoms with Crippen molar-refractivity contribution in [1.29, 1.82) is 0 Å². The topological polar surface area (TPSA) is 55.4 Å². The Hall–Kier alpha value is 0.350. The van der Waals surface area contributed by atoms with Gasteiger partial charge in [0.25, 0.3) is 0 Å². The molecule has 0 amide bonds. The molecule has 1 fully saturated rings. The first-order valence-electron chi connectivity index (χ1n) is 4.64. The van der Waals surface area contributed by atoms with E-state index < -0.39 is 10.0 Å². The summed E-state index contributed by atoms with van der Waals surface area (Å²) in [5.74, 6) is 0.670. The second-order valence-electron chi connectivity index (χ2n) is 3.63. The third kappa shape index (κ3) is 5.29. The molecule has 84 valence electrons. The molecular weight excluding hydrogens is 270 g/mol. The summed E-state index contributed by atoms with van der Waals surface area (Å²) in [5.41, 5.74) is 0. The van der Waals surface area contributed by atoms with Crippen LogP contribution in [0.25, 0.3) is 0 Å². The van der Waals surface area contributed by atoms with Crippen LogP contribution in [-0.2, 0) is 14.8 Å². The number of sulfonamides is 1. The molecule has 1 N–H and O–H groups in total. The molecule has 14 heavy (non-hydrogen) atoms. The van der Waals surface area contributed by atoms with Crippen molar-refractivity contribution in [3.63, 3.8) is 0 Å². The fraction of sp³-hybridized carbons (Fsp3) is 1.00. The largest absolute Gasteiger partial charge is 0.383 e. The number of ether oxygens (including phenoxy) is 1. The van der Waals surface area contributed by atoms with Gasteiger partial charge in [-0.05, 0) is 18.8 Å². The van der Waals surface area contributed by atoms with E-state index in [1.807, 2.05) is 0 Å². The highest BCUT2D eigenvalue weighted by molar-refractivity contribution is 9.09. The van der Waals surface area contributed by atoms with E-state index in [9.17, 15) is 8.42 Å². The standard InChI is InChI=1S/C8H16BrNO3S/c1-13-5-8(9)4-10-14(11,12)6-7-2-3-7/h7-8,10H,2-6H2,1H3. The molecule has 6 heteroatoms. The van der Waals surface area contributed by atoms with Gasteiger partial charge in [-0.1, -0.05) is 15.9 Å². The fourth-order valence-electron chi connectivity index (χ4n) is 1.11. The van der Waals surface area contributed by atoms with Crippen LogP contribution >= 0.6 is 15.9 Å². The van der Waals surface area contributed by atoms with Gasteiger partial charge in [0.05, 0.1) is 17.2 Å². The molecule has 0 aliphatic heterocycles. The van der Waals surface area contributed by atoms with Crippen LogP contribution in [0.1, 0.15) is 12.8 Å². The van der Waals surface area contributed by atoms with Gasteiger partial charge in [-0.15, -0.1) is 0 Å². The molecule has 0 aromatic rings. The Balaban J connectivity index is 2.20. The van der Waals surface area contributed by atoms with E-state index in [-0.39, 0.29) is 10.6 Å². The van der Waals surface area contributed by atoms with E-state index in [4.69, 9.17) is 4.74 Å². The van der Waals surface area contributed by atoms with Gasteiger partial charge in [0, 0.05) is 13.7 Å². The van der Waals surface area contributed by atoms with Crippen molar-refractivity contribution in [2.24, 2.45) is 5.92 Å². The molecule has 1 unspecified atom stereocenters. The molecule has 0 aromatic heterocycles. The third-order valence-electron chi connectivity index (χ3n) is 2.02. The first kappa shape index (κ1) is 12.4. The number of hydrogen-bond donors (Lipinski definition) is 1. The van der Waals surface area contributed by atoms with Gasteiger partial charge in [-0.25, -0.2) is 13.1 Å². The molecule has 0 heterocycles. The maximum absolute atomic E-state index is 11.4. The van der Waals surface area contributed by atoms with Crippen LogP contribution in [0.2, 0.25) is 0 Å². The van der Waals surface area contributed by atoms with Gasteiger partial charge in [-0.2, -0.15) is 0 Å². The van der Waals surface area contributed by atoms with Crippen molar-refractivity contribution < 1.29 is 13.2 Å². The zero-order valence-electron chi connectivity index (χ0n) is 8.20. The van der Waals surface area contributed by atoms with Gasteiger partial charge in [-0.3, -0.25) is 0 Å². The van der Waals surface area contributed by atoms with Gasteiger partial charge in [0.2, 0.25) is 10.0 Å². The molecule has 4 nitrogen and oxygen atoms in total. The molecule has 0 saturated heterocycles. The molecule has 0 radical (unpaired) electrons. The van der Waals surface area contributed by atoms with Crippen LogP contribution in [0.4, 0.5) is 0 Å². The highest BCUT2D eigenvalue weighted by Crippen LogP contribution is 2.29. The lowest BCUT2D eigenvalue weighted by Gasteiger charge is -2.10. The van der Waals surface area contributed by atoms with Crippen LogP contribution in [0.5, 0.6) is 0 Å². The number of hydrogen-bond acceptors (Lipinski definition) is 3. The Morgan fingerprint density at radius 3 is 2.71 bits per heavy atom. The van der Waals surface area contributed by atoms with E-state index in [0.29, 0.717) is 19.1 Å². The molecule has 1 rings (SSSR count). The lowest BCUT2D eigenvalue weighted by atomic mass is 10.5. The number of halogens is 1. The minimum atomic E-state index is -3.07. The Morgan fingerprint density at radius 2 is 2.21 bits per heavy atom. The minimum Gasteiger partial charge on any atom is -0.383 e.